The first-order valence-electron chi connectivity index (χ1n) is 8.31. The molecule has 0 bridgehead atoms. The van der Waals surface area contributed by atoms with Gasteiger partial charge in [0, 0.05) is 25.3 Å². The Labute approximate surface area is 175 Å². The van der Waals surface area contributed by atoms with Crippen LogP contribution < -0.4 is 10.6 Å². The molecule has 0 saturated carbocycles. The average molecular weight is 464 g/mol. The number of rotatable bonds is 6. The first-order valence-corrected chi connectivity index (χ1v) is 10.1. The predicted molar refractivity (Wildman–Crippen MR) is 105 cm³/mol. The number of amides is 2. The van der Waals surface area contributed by atoms with Gasteiger partial charge in [-0.1, -0.05) is 11.6 Å². The second-order valence-corrected chi connectivity index (χ2v) is 8.56. The number of carbonyl (C=O) groups excluding carboxylic acids is 2. The predicted octanol–water partition coefficient (Wildman–Crippen LogP) is 2.98. The van der Waals surface area contributed by atoms with Crippen LogP contribution in [0, 0.1) is 0 Å². The monoisotopic (exact) mass is 463 g/mol. The summed E-state index contributed by atoms with van der Waals surface area (Å²) < 4.78 is 64.6. The molecule has 0 aliphatic rings. The fourth-order valence-corrected chi connectivity index (χ4v) is 3.76. The highest BCUT2D eigenvalue weighted by Crippen LogP contribution is 2.36. The number of benzene rings is 2. The third-order valence-corrected chi connectivity index (χ3v) is 6.12. The molecule has 0 atom stereocenters. The molecule has 0 spiro atoms. The first-order chi connectivity index (χ1) is 13.9. The summed E-state index contributed by atoms with van der Waals surface area (Å²) in [7, 11) is -1.50. The van der Waals surface area contributed by atoms with E-state index < -0.39 is 45.1 Å². The van der Waals surface area contributed by atoms with Crippen LogP contribution in [-0.2, 0) is 21.0 Å². The minimum atomic E-state index is -4.71. The summed E-state index contributed by atoms with van der Waals surface area (Å²) in [4.78, 5) is 23.5. The first kappa shape index (κ1) is 23.6. The van der Waals surface area contributed by atoms with Crippen LogP contribution in [0.5, 0.6) is 0 Å². The van der Waals surface area contributed by atoms with Crippen molar-refractivity contribution >= 4 is 39.1 Å². The van der Waals surface area contributed by atoms with E-state index >= 15 is 0 Å². The lowest BCUT2D eigenvalue weighted by Crippen LogP contribution is -2.35. The zero-order chi connectivity index (χ0) is 22.7. The number of hydrogen-bond acceptors (Lipinski definition) is 4. The molecule has 0 saturated heterocycles. The van der Waals surface area contributed by atoms with Gasteiger partial charge in [-0.05, 0) is 42.5 Å². The summed E-state index contributed by atoms with van der Waals surface area (Å²) >= 11 is 5.52. The van der Waals surface area contributed by atoms with Gasteiger partial charge in [0.05, 0.1) is 22.0 Å². The highest BCUT2D eigenvalue weighted by atomic mass is 35.5. The molecule has 162 valence electrons. The summed E-state index contributed by atoms with van der Waals surface area (Å²) in [5.41, 5.74) is -1.06. The van der Waals surface area contributed by atoms with E-state index in [0.717, 1.165) is 17.4 Å². The largest absolute Gasteiger partial charge is 0.417 e. The van der Waals surface area contributed by atoms with Gasteiger partial charge in [0.15, 0.2) is 0 Å². The molecular formula is C18H17ClF3N3O4S. The van der Waals surface area contributed by atoms with E-state index in [1.807, 2.05) is 0 Å². The molecule has 2 rings (SSSR count). The van der Waals surface area contributed by atoms with Gasteiger partial charge in [0.25, 0.3) is 5.91 Å². The molecule has 0 aliphatic carbocycles. The Kier molecular flexibility index (Phi) is 7.11. The topological polar surface area (TPSA) is 95.6 Å². The molecule has 2 aromatic rings. The van der Waals surface area contributed by atoms with Crippen LogP contribution in [0.15, 0.2) is 47.4 Å². The van der Waals surface area contributed by atoms with Crippen LogP contribution in [-0.4, -0.2) is 45.2 Å². The maximum Gasteiger partial charge on any atom is 0.417 e. The Morgan fingerprint density at radius 3 is 2.23 bits per heavy atom. The van der Waals surface area contributed by atoms with Crippen LogP contribution in [0.1, 0.15) is 15.9 Å². The van der Waals surface area contributed by atoms with E-state index in [1.165, 1.54) is 37.4 Å². The van der Waals surface area contributed by atoms with Crippen LogP contribution in [0.2, 0.25) is 5.02 Å². The Balaban J connectivity index is 2.12. The molecule has 0 unspecified atom stereocenters. The van der Waals surface area contributed by atoms with Gasteiger partial charge in [0.2, 0.25) is 15.9 Å². The third kappa shape index (κ3) is 5.49. The Bertz CT molecular complexity index is 1060. The second kappa shape index (κ2) is 9.02. The second-order valence-electron chi connectivity index (χ2n) is 6.11. The molecular weight excluding hydrogens is 447 g/mol. The number of likely N-dealkylation sites (N-methyl/N-ethyl adjacent to an activating group) is 1. The summed E-state index contributed by atoms with van der Waals surface area (Å²) in [6.45, 7) is -0.649. The molecule has 7 nitrogen and oxygen atoms in total. The quantitative estimate of drug-likeness (QED) is 0.688. The summed E-state index contributed by atoms with van der Waals surface area (Å²) in [6.07, 6.45) is -4.71. The zero-order valence-electron chi connectivity index (χ0n) is 15.7. The Morgan fingerprint density at radius 2 is 1.70 bits per heavy atom. The Hall–Kier alpha value is -2.63. The van der Waals surface area contributed by atoms with Crippen molar-refractivity contribution in [2.45, 2.75) is 11.1 Å². The number of alkyl halides is 3. The number of carbonyl (C=O) groups is 2. The van der Waals surface area contributed by atoms with E-state index in [9.17, 15) is 31.2 Å². The normalized spacial score (nSPS) is 12.0. The third-order valence-electron chi connectivity index (χ3n) is 3.97. The van der Waals surface area contributed by atoms with Gasteiger partial charge in [0.1, 0.15) is 0 Å². The van der Waals surface area contributed by atoms with E-state index in [-0.39, 0.29) is 16.1 Å². The van der Waals surface area contributed by atoms with Crippen molar-refractivity contribution in [3.8, 4) is 0 Å². The summed E-state index contributed by atoms with van der Waals surface area (Å²) in [5.74, 6) is -1.24. The van der Waals surface area contributed by atoms with Crippen molar-refractivity contribution in [2.75, 3.05) is 26.0 Å². The van der Waals surface area contributed by atoms with Gasteiger partial charge in [-0.15, -0.1) is 0 Å². The molecule has 2 amide bonds. The lowest BCUT2D eigenvalue weighted by molar-refractivity contribution is -0.137. The maximum atomic E-state index is 12.9. The minimum Gasteiger partial charge on any atom is -0.355 e. The van der Waals surface area contributed by atoms with Gasteiger partial charge < -0.3 is 10.6 Å². The van der Waals surface area contributed by atoms with Crippen LogP contribution >= 0.6 is 11.6 Å². The lowest BCUT2D eigenvalue weighted by Gasteiger charge is -2.17. The van der Waals surface area contributed by atoms with E-state index in [0.29, 0.717) is 6.07 Å². The highest BCUT2D eigenvalue weighted by molar-refractivity contribution is 7.89. The number of nitrogens with zero attached hydrogens (tertiary/aromatic N) is 1. The number of hydrogen-bond donors (Lipinski definition) is 2. The Morgan fingerprint density at radius 1 is 1.10 bits per heavy atom. The molecule has 0 radical (unpaired) electrons. The fourth-order valence-electron chi connectivity index (χ4n) is 2.41. The van der Waals surface area contributed by atoms with Crippen LogP contribution in [0.4, 0.5) is 18.9 Å². The van der Waals surface area contributed by atoms with Gasteiger partial charge in [-0.3, -0.25) is 9.59 Å². The smallest absolute Gasteiger partial charge is 0.355 e. The van der Waals surface area contributed by atoms with Crippen molar-refractivity contribution in [1.29, 1.82) is 0 Å². The van der Waals surface area contributed by atoms with Gasteiger partial charge in [-0.2, -0.15) is 17.5 Å². The van der Waals surface area contributed by atoms with Crippen molar-refractivity contribution in [3.05, 3.63) is 58.6 Å². The van der Waals surface area contributed by atoms with E-state index in [1.54, 1.807) is 0 Å². The van der Waals surface area contributed by atoms with Crippen molar-refractivity contribution < 1.29 is 31.2 Å². The average Bonchev–Trinajstić information content (AvgIpc) is 2.67. The van der Waals surface area contributed by atoms with E-state index in [2.05, 4.69) is 10.6 Å². The SMILES string of the molecule is CNC(=O)c1ccc(S(=O)(=O)N(C)CC(=O)Nc2ccc(Cl)c(C(F)(F)F)c2)cc1. The molecule has 2 aromatic carbocycles. The maximum absolute atomic E-state index is 12.9. The lowest BCUT2D eigenvalue weighted by atomic mass is 10.2. The fraction of sp³-hybridized carbons (Fsp3) is 0.222. The van der Waals surface area contributed by atoms with E-state index in [4.69, 9.17) is 11.6 Å². The molecule has 2 N–H and O–H groups in total. The minimum absolute atomic E-state index is 0.156. The molecule has 0 aromatic heterocycles. The van der Waals surface area contributed by atoms with Crippen LogP contribution in [0.3, 0.4) is 0 Å². The molecule has 0 fully saturated rings. The molecule has 30 heavy (non-hydrogen) atoms. The highest BCUT2D eigenvalue weighted by Gasteiger charge is 2.33. The van der Waals surface area contributed by atoms with Gasteiger partial charge in [-0.25, -0.2) is 8.42 Å². The molecule has 12 heteroatoms. The van der Waals surface area contributed by atoms with Crippen molar-refractivity contribution in [1.82, 2.24) is 9.62 Å². The molecule has 0 heterocycles. The standard InChI is InChI=1S/C18H17ClF3N3O4S/c1-23-17(27)11-3-6-13(7-4-11)30(28,29)25(2)10-16(26)24-12-5-8-15(19)14(9-12)18(20,21)22/h3-9H,10H2,1-2H3,(H,23,27)(H,24,26). The number of sulfonamides is 1. The van der Waals surface area contributed by atoms with Crippen molar-refractivity contribution in [2.24, 2.45) is 0 Å². The zero-order valence-corrected chi connectivity index (χ0v) is 17.3. The summed E-state index contributed by atoms with van der Waals surface area (Å²) in [5, 5.41) is 4.08. The number of halogens is 4. The van der Waals surface area contributed by atoms with Crippen LogP contribution in [0.25, 0.3) is 0 Å². The van der Waals surface area contributed by atoms with Crippen molar-refractivity contribution in [3.63, 3.8) is 0 Å². The number of nitrogens with one attached hydrogen (secondary N) is 2. The number of anilines is 1. The van der Waals surface area contributed by atoms with Gasteiger partial charge >= 0.3 is 6.18 Å². The summed E-state index contributed by atoms with van der Waals surface area (Å²) in [6, 6.07) is 7.85. The molecule has 0 aliphatic heterocycles.